The molecule has 0 saturated heterocycles. The number of benzene rings is 2. The summed E-state index contributed by atoms with van der Waals surface area (Å²) in [7, 11) is -3.88. The summed E-state index contributed by atoms with van der Waals surface area (Å²) in [4.78, 5) is 17.7. The van der Waals surface area contributed by atoms with E-state index >= 15 is 0 Å². The highest BCUT2D eigenvalue weighted by molar-refractivity contribution is 7.65. The van der Waals surface area contributed by atoms with Crippen molar-refractivity contribution >= 4 is 18.8 Å². The monoisotopic (exact) mass is 485 g/mol. The lowest BCUT2D eigenvalue weighted by Gasteiger charge is -2.23. The Bertz CT molecular complexity index is 968. The van der Waals surface area contributed by atoms with Gasteiger partial charge < -0.3 is 9.05 Å². The van der Waals surface area contributed by atoms with Crippen LogP contribution in [-0.4, -0.2) is 30.7 Å². The molecule has 0 atom stereocenters. The van der Waals surface area contributed by atoms with Crippen LogP contribution in [0.4, 0.5) is 13.2 Å². The molecule has 0 aliphatic heterocycles. The fraction of sp³-hybridized carbons (Fsp3) is 0.348. The van der Waals surface area contributed by atoms with Gasteiger partial charge in [0.05, 0.1) is 30.6 Å². The molecule has 0 bridgehead atoms. The molecule has 0 aromatic heterocycles. The SMILES string of the molecule is CCOP(=O)(OCC)C(=CCN(OCc1ccccc1)C(C)=O)c1ccc(C(F)(F)F)cc1. The lowest BCUT2D eigenvalue weighted by atomic mass is 10.1. The zero-order valence-electron chi connectivity index (χ0n) is 18.7. The van der Waals surface area contributed by atoms with E-state index in [-0.39, 0.29) is 37.2 Å². The first-order valence-corrected chi connectivity index (χ1v) is 11.9. The van der Waals surface area contributed by atoms with Crippen molar-refractivity contribution in [3.8, 4) is 0 Å². The highest BCUT2D eigenvalue weighted by Crippen LogP contribution is 2.60. The zero-order valence-corrected chi connectivity index (χ0v) is 19.6. The number of alkyl halides is 3. The third-order valence-corrected chi connectivity index (χ3v) is 6.66. The average Bonchev–Trinajstić information content (AvgIpc) is 2.76. The van der Waals surface area contributed by atoms with Gasteiger partial charge in [0.25, 0.3) is 0 Å². The number of hydrogen-bond donors (Lipinski definition) is 0. The molecular formula is C23H27F3NO5P. The van der Waals surface area contributed by atoms with Crippen molar-refractivity contribution in [3.63, 3.8) is 0 Å². The van der Waals surface area contributed by atoms with Gasteiger partial charge in [-0.1, -0.05) is 42.5 Å². The summed E-state index contributed by atoms with van der Waals surface area (Å²) in [6, 6.07) is 13.4. The number of carbonyl (C=O) groups excluding carboxylic acids is 1. The predicted molar refractivity (Wildman–Crippen MR) is 119 cm³/mol. The smallest absolute Gasteiger partial charge is 0.305 e. The van der Waals surface area contributed by atoms with Gasteiger partial charge in [-0.05, 0) is 43.2 Å². The Morgan fingerprint density at radius 1 is 1.00 bits per heavy atom. The van der Waals surface area contributed by atoms with Gasteiger partial charge in [-0.25, -0.2) is 5.06 Å². The predicted octanol–water partition coefficient (Wildman–Crippen LogP) is 6.29. The normalized spacial score (nSPS) is 12.6. The van der Waals surface area contributed by atoms with Gasteiger partial charge in [0.2, 0.25) is 5.91 Å². The van der Waals surface area contributed by atoms with Crippen molar-refractivity contribution in [1.82, 2.24) is 5.06 Å². The number of amides is 1. The topological polar surface area (TPSA) is 65.1 Å². The molecule has 0 N–H and O–H groups in total. The van der Waals surface area contributed by atoms with Gasteiger partial charge in [-0.3, -0.25) is 14.2 Å². The number of hydrogen-bond acceptors (Lipinski definition) is 5. The van der Waals surface area contributed by atoms with Gasteiger partial charge >= 0.3 is 13.8 Å². The summed E-state index contributed by atoms with van der Waals surface area (Å²) in [6.45, 7) is 4.66. The lowest BCUT2D eigenvalue weighted by Crippen LogP contribution is -2.29. The van der Waals surface area contributed by atoms with Crippen LogP contribution in [-0.2, 0) is 36.0 Å². The zero-order chi connectivity index (χ0) is 24.5. The Hall–Kier alpha value is -2.45. The lowest BCUT2D eigenvalue weighted by molar-refractivity contribution is -0.185. The quantitative estimate of drug-likeness (QED) is 0.276. The largest absolute Gasteiger partial charge is 0.416 e. The van der Waals surface area contributed by atoms with Gasteiger partial charge in [0.1, 0.15) is 6.61 Å². The van der Waals surface area contributed by atoms with Crippen LogP contribution in [0.2, 0.25) is 0 Å². The molecule has 0 heterocycles. The van der Waals surface area contributed by atoms with Crippen molar-refractivity contribution in [2.24, 2.45) is 0 Å². The van der Waals surface area contributed by atoms with Crippen molar-refractivity contribution < 1.29 is 36.4 Å². The van der Waals surface area contributed by atoms with E-state index in [1.165, 1.54) is 25.1 Å². The van der Waals surface area contributed by atoms with Crippen LogP contribution in [0.5, 0.6) is 0 Å². The van der Waals surface area contributed by atoms with Crippen molar-refractivity contribution in [2.45, 2.75) is 33.6 Å². The van der Waals surface area contributed by atoms with Gasteiger partial charge in [0.15, 0.2) is 0 Å². The van der Waals surface area contributed by atoms with Gasteiger partial charge in [-0.15, -0.1) is 0 Å². The first-order chi connectivity index (χ1) is 15.6. The molecule has 180 valence electrons. The molecule has 10 heteroatoms. The summed E-state index contributed by atoms with van der Waals surface area (Å²) in [6.07, 6.45) is -3.09. The molecule has 0 saturated carbocycles. The van der Waals surface area contributed by atoms with Crippen LogP contribution in [0.25, 0.3) is 5.31 Å². The fourth-order valence-electron chi connectivity index (χ4n) is 2.90. The second-order valence-corrected chi connectivity index (χ2v) is 8.83. The molecule has 0 spiro atoms. The highest BCUT2D eigenvalue weighted by Gasteiger charge is 2.33. The summed E-state index contributed by atoms with van der Waals surface area (Å²) in [5, 5.41) is 1.12. The minimum atomic E-state index is -4.51. The second kappa shape index (κ2) is 12.1. The highest BCUT2D eigenvalue weighted by atomic mass is 31.2. The number of hydroxylamine groups is 2. The second-order valence-electron chi connectivity index (χ2n) is 6.84. The van der Waals surface area contributed by atoms with Crippen molar-refractivity contribution in [1.29, 1.82) is 0 Å². The van der Waals surface area contributed by atoms with E-state index in [1.54, 1.807) is 13.8 Å². The Morgan fingerprint density at radius 2 is 1.58 bits per heavy atom. The third-order valence-electron chi connectivity index (χ3n) is 4.43. The molecule has 1 amide bonds. The Labute approximate surface area is 191 Å². The fourth-order valence-corrected chi connectivity index (χ4v) is 4.71. The Morgan fingerprint density at radius 3 is 2.06 bits per heavy atom. The number of halogens is 3. The summed E-state index contributed by atoms with van der Waals surface area (Å²) in [5.74, 6) is -0.406. The van der Waals surface area contributed by atoms with E-state index in [0.29, 0.717) is 0 Å². The summed E-state index contributed by atoms with van der Waals surface area (Å²) < 4.78 is 63.2. The van der Waals surface area contributed by atoms with E-state index in [1.807, 2.05) is 30.3 Å². The molecule has 0 aliphatic rings. The molecule has 2 aromatic rings. The van der Waals surface area contributed by atoms with E-state index in [2.05, 4.69) is 0 Å². The van der Waals surface area contributed by atoms with Crippen LogP contribution < -0.4 is 0 Å². The van der Waals surface area contributed by atoms with Gasteiger partial charge in [-0.2, -0.15) is 13.2 Å². The minimum absolute atomic E-state index is 0.0504. The Balaban J connectivity index is 2.38. The maximum Gasteiger partial charge on any atom is 0.416 e. The standard InChI is InChI=1S/C23H27F3NO5P/c1-4-31-33(29,32-5-2)22(20-11-13-21(14-12-20)23(24,25)26)15-16-27(18(3)28)30-17-19-9-7-6-8-10-19/h6-15H,4-5,16-17H2,1-3H3. The molecule has 0 radical (unpaired) electrons. The molecule has 0 aliphatic carbocycles. The average molecular weight is 485 g/mol. The van der Waals surface area contributed by atoms with Crippen LogP contribution in [0.1, 0.15) is 37.5 Å². The third kappa shape index (κ3) is 7.82. The molecule has 0 fully saturated rings. The van der Waals surface area contributed by atoms with E-state index < -0.39 is 25.2 Å². The van der Waals surface area contributed by atoms with Gasteiger partial charge in [0, 0.05) is 6.92 Å². The minimum Gasteiger partial charge on any atom is -0.305 e. The first-order valence-electron chi connectivity index (χ1n) is 10.3. The van der Waals surface area contributed by atoms with Crippen LogP contribution in [0.3, 0.4) is 0 Å². The van der Waals surface area contributed by atoms with E-state index in [0.717, 1.165) is 22.8 Å². The first kappa shape index (κ1) is 26.8. The summed E-state index contributed by atoms with van der Waals surface area (Å²) >= 11 is 0. The maximum atomic E-state index is 13.5. The van der Waals surface area contributed by atoms with Crippen LogP contribution in [0, 0.1) is 0 Å². The van der Waals surface area contributed by atoms with Crippen LogP contribution >= 0.6 is 7.60 Å². The molecule has 2 aromatic carbocycles. The molecule has 2 rings (SSSR count). The van der Waals surface area contributed by atoms with E-state index in [4.69, 9.17) is 13.9 Å². The molecule has 6 nitrogen and oxygen atoms in total. The Kier molecular flexibility index (Phi) is 9.86. The number of nitrogens with zero attached hydrogens (tertiary/aromatic N) is 1. The number of carbonyl (C=O) groups is 1. The van der Waals surface area contributed by atoms with Crippen molar-refractivity contribution in [3.05, 3.63) is 77.4 Å². The molecule has 0 unspecified atom stereocenters. The molecular weight excluding hydrogens is 458 g/mol. The number of rotatable bonds is 11. The van der Waals surface area contributed by atoms with Crippen LogP contribution in [0.15, 0.2) is 60.7 Å². The van der Waals surface area contributed by atoms with E-state index in [9.17, 15) is 22.5 Å². The maximum absolute atomic E-state index is 13.5. The van der Waals surface area contributed by atoms with Crippen molar-refractivity contribution in [2.75, 3.05) is 19.8 Å². The molecule has 33 heavy (non-hydrogen) atoms. The summed E-state index contributed by atoms with van der Waals surface area (Å²) in [5.41, 5.74) is 0.217.